The quantitative estimate of drug-likeness (QED) is 0.872. The largest absolute Gasteiger partial charge is 0.369 e. The van der Waals surface area contributed by atoms with Crippen LogP contribution in [0.4, 0.5) is 15.9 Å². The van der Waals surface area contributed by atoms with E-state index in [9.17, 15) is 4.39 Å². The number of anilines is 2. The molecule has 118 valence electrons. The molecule has 1 atom stereocenters. The van der Waals surface area contributed by atoms with Gasteiger partial charge in [0.2, 0.25) is 0 Å². The van der Waals surface area contributed by atoms with Crippen LogP contribution in [0.15, 0.2) is 36.8 Å². The monoisotopic (exact) mass is 311 g/mol. The third-order valence-electron chi connectivity index (χ3n) is 4.25. The van der Waals surface area contributed by atoms with E-state index >= 15 is 0 Å². The van der Waals surface area contributed by atoms with Crippen molar-refractivity contribution in [1.29, 1.82) is 5.26 Å². The van der Waals surface area contributed by atoms with Gasteiger partial charge < -0.3 is 9.80 Å². The van der Waals surface area contributed by atoms with E-state index in [1.54, 1.807) is 12.3 Å². The molecule has 0 bridgehead atoms. The van der Waals surface area contributed by atoms with Gasteiger partial charge in [-0.25, -0.2) is 14.4 Å². The van der Waals surface area contributed by atoms with E-state index in [1.807, 2.05) is 19.2 Å². The Kier molecular flexibility index (Phi) is 4.38. The van der Waals surface area contributed by atoms with Crippen molar-refractivity contribution in [3.63, 3.8) is 0 Å². The molecule has 5 nitrogen and oxygen atoms in total. The Balaban J connectivity index is 1.79. The molecular formula is C17H18FN5. The number of rotatable bonds is 3. The molecule has 3 rings (SSSR count). The highest BCUT2D eigenvalue weighted by Gasteiger charge is 2.24. The van der Waals surface area contributed by atoms with Gasteiger partial charge in [-0.3, -0.25) is 0 Å². The van der Waals surface area contributed by atoms with Crippen molar-refractivity contribution in [2.75, 3.05) is 29.9 Å². The van der Waals surface area contributed by atoms with Crippen molar-refractivity contribution in [3.05, 3.63) is 48.2 Å². The van der Waals surface area contributed by atoms with Crippen molar-refractivity contribution in [3.8, 4) is 6.07 Å². The molecule has 2 aromatic rings. The van der Waals surface area contributed by atoms with E-state index in [0.29, 0.717) is 5.56 Å². The van der Waals surface area contributed by atoms with Gasteiger partial charge in [0.1, 0.15) is 18.0 Å². The summed E-state index contributed by atoms with van der Waals surface area (Å²) in [7, 11) is 2.02. The topological polar surface area (TPSA) is 56.1 Å². The zero-order chi connectivity index (χ0) is 16.2. The van der Waals surface area contributed by atoms with E-state index in [1.165, 1.54) is 18.5 Å². The maximum Gasteiger partial charge on any atom is 0.131 e. The number of hydrogen-bond acceptors (Lipinski definition) is 5. The summed E-state index contributed by atoms with van der Waals surface area (Å²) in [6.07, 6.45) is 5.33. The van der Waals surface area contributed by atoms with Crippen LogP contribution >= 0.6 is 0 Å². The molecule has 0 radical (unpaired) electrons. The van der Waals surface area contributed by atoms with Crippen LogP contribution in [0.2, 0.25) is 0 Å². The molecule has 0 spiro atoms. The SMILES string of the molecule is CN(c1ccncn1)C1CCCN(c2cc(F)cc(C#N)c2)C1. The molecular weight excluding hydrogens is 293 g/mol. The van der Waals surface area contributed by atoms with Crippen LogP contribution in [0.3, 0.4) is 0 Å². The summed E-state index contributed by atoms with van der Waals surface area (Å²) in [6, 6.07) is 8.68. The van der Waals surface area contributed by atoms with E-state index < -0.39 is 0 Å². The summed E-state index contributed by atoms with van der Waals surface area (Å²) < 4.78 is 13.7. The number of hydrogen-bond donors (Lipinski definition) is 0. The minimum atomic E-state index is -0.370. The molecule has 2 heterocycles. The molecule has 6 heteroatoms. The van der Waals surface area contributed by atoms with Crippen LogP contribution in [-0.4, -0.2) is 36.1 Å². The summed E-state index contributed by atoms with van der Waals surface area (Å²) in [6.45, 7) is 1.64. The minimum Gasteiger partial charge on any atom is -0.369 e. The molecule has 0 amide bonds. The number of nitriles is 1. The highest BCUT2D eigenvalue weighted by Crippen LogP contribution is 2.25. The third-order valence-corrected chi connectivity index (χ3v) is 4.25. The Bertz CT molecular complexity index is 713. The van der Waals surface area contributed by atoms with Crippen LogP contribution in [0, 0.1) is 17.1 Å². The lowest BCUT2D eigenvalue weighted by Gasteiger charge is -2.39. The van der Waals surface area contributed by atoms with E-state index in [-0.39, 0.29) is 11.9 Å². The van der Waals surface area contributed by atoms with Gasteiger partial charge in [-0.1, -0.05) is 0 Å². The first-order valence-corrected chi connectivity index (χ1v) is 7.62. The average molecular weight is 311 g/mol. The molecule has 1 aromatic carbocycles. The normalized spacial score (nSPS) is 17.6. The van der Waals surface area contributed by atoms with Gasteiger partial charge in [0.15, 0.2) is 0 Å². The Labute approximate surface area is 135 Å². The highest BCUT2D eigenvalue weighted by molar-refractivity contribution is 5.53. The molecule has 0 N–H and O–H groups in total. The summed E-state index contributed by atoms with van der Waals surface area (Å²) in [5.41, 5.74) is 1.12. The number of benzene rings is 1. The Morgan fingerprint density at radius 3 is 3.00 bits per heavy atom. The fourth-order valence-corrected chi connectivity index (χ4v) is 3.01. The van der Waals surface area contributed by atoms with Gasteiger partial charge in [-0.05, 0) is 37.1 Å². The predicted octanol–water partition coefficient (Wildman–Crippen LogP) is 2.59. The third kappa shape index (κ3) is 3.39. The van der Waals surface area contributed by atoms with Crippen molar-refractivity contribution in [2.24, 2.45) is 0 Å². The number of nitrogens with zero attached hydrogens (tertiary/aromatic N) is 5. The first kappa shape index (κ1) is 15.2. The summed E-state index contributed by atoms with van der Waals surface area (Å²) >= 11 is 0. The number of piperidine rings is 1. The number of halogens is 1. The highest BCUT2D eigenvalue weighted by atomic mass is 19.1. The average Bonchev–Trinajstić information content (AvgIpc) is 2.61. The molecule has 1 aromatic heterocycles. The van der Waals surface area contributed by atoms with Crippen molar-refractivity contribution in [2.45, 2.75) is 18.9 Å². The zero-order valence-corrected chi connectivity index (χ0v) is 13.0. The zero-order valence-electron chi connectivity index (χ0n) is 13.0. The summed E-state index contributed by atoms with van der Waals surface area (Å²) in [5, 5.41) is 9.02. The van der Waals surface area contributed by atoms with Gasteiger partial charge in [-0.15, -0.1) is 0 Å². The van der Waals surface area contributed by atoms with E-state index in [4.69, 9.17) is 5.26 Å². The molecule has 1 aliphatic heterocycles. The fourth-order valence-electron chi connectivity index (χ4n) is 3.01. The molecule has 23 heavy (non-hydrogen) atoms. The van der Waals surface area contributed by atoms with Gasteiger partial charge in [0.25, 0.3) is 0 Å². The predicted molar refractivity (Wildman–Crippen MR) is 86.8 cm³/mol. The van der Waals surface area contributed by atoms with Crippen LogP contribution in [0.1, 0.15) is 18.4 Å². The second-order valence-corrected chi connectivity index (χ2v) is 5.73. The number of aromatic nitrogens is 2. The molecule has 0 saturated carbocycles. The Morgan fingerprint density at radius 2 is 2.26 bits per heavy atom. The smallest absolute Gasteiger partial charge is 0.131 e. The fraction of sp³-hybridized carbons (Fsp3) is 0.353. The summed E-state index contributed by atoms with van der Waals surface area (Å²) in [5.74, 6) is 0.508. The molecule has 0 aliphatic carbocycles. The number of likely N-dealkylation sites (N-methyl/N-ethyl adjacent to an activating group) is 1. The Hall–Kier alpha value is -2.68. The van der Waals surface area contributed by atoms with E-state index in [2.05, 4.69) is 19.8 Å². The molecule has 1 unspecified atom stereocenters. The lowest BCUT2D eigenvalue weighted by molar-refractivity contribution is 0.485. The van der Waals surface area contributed by atoms with E-state index in [0.717, 1.165) is 37.4 Å². The van der Waals surface area contributed by atoms with Crippen molar-refractivity contribution in [1.82, 2.24) is 9.97 Å². The summed E-state index contributed by atoms with van der Waals surface area (Å²) in [4.78, 5) is 12.5. The van der Waals surface area contributed by atoms with Crippen molar-refractivity contribution < 1.29 is 4.39 Å². The van der Waals surface area contributed by atoms with Crippen LogP contribution in [0.5, 0.6) is 0 Å². The second kappa shape index (κ2) is 6.61. The van der Waals surface area contributed by atoms with Gasteiger partial charge in [-0.2, -0.15) is 5.26 Å². The molecule has 1 fully saturated rings. The first-order valence-electron chi connectivity index (χ1n) is 7.62. The first-order chi connectivity index (χ1) is 11.2. The van der Waals surface area contributed by atoms with Gasteiger partial charge in [0, 0.05) is 38.1 Å². The van der Waals surface area contributed by atoms with Gasteiger partial charge in [0.05, 0.1) is 11.6 Å². The Morgan fingerprint density at radius 1 is 1.39 bits per heavy atom. The lowest BCUT2D eigenvalue weighted by atomic mass is 10.0. The van der Waals surface area contributed by atoms with Crippen molar-refractivity contribution >= 4 is 11.5 Å². The minimum absolute atomic E-state index is 0.285. The standard InChI is InChI=1S/C17H18FN5/c1-22(17-4-5-20-12-21-17)15-3-2-6-23(11-15)16-8-13(10-19)7-14(18)9-16/h4-5,7-9,12,15H,2-3,6,11H2,1H3. The maximum atomic E-state index is 13.7. The molecule has 1 saturated heterocycles. The maximum absolute atomic E-state index is 13.7. The van der Waals surface area contributed by atoms with Crippen LogP contribution in [0.25, 0.3) is 0 Å². The van der Waals surface area contributed by atoms with Gasteiger partial charge >= 0.3 is 0 Å². The lowest BCUT2D eigenvalue weighted by Crippen LogP contribution is -2.47. The second-order valence-electron chi connectivity index (χ2n) is 5.73. The molecule has 1 aliphatic rings. The van der Waals surface area contributed by atoms with Crippen LogP contribution in [-0.2, 0) is 0 Å². The van der Waals surface area contributed by atoms with Crippen LogP contribution < -0.4 is 9.80 Å².